The van der Waals surface area contributed by atoms with Crippen LogP contribution in [0.25, 0.3) is 0 Å². The van der Waals surface area contributed by atoms with Crippen LogP contribution >= 0.6 is 0 Å². The first kappa shape index (κ1) is 29.2. The molecule has 0 bridgehead atoms. The number of ether oxygens (including phenoxy) is 3. The summed E-state index contributed by atoms with van der Waals surface area (Å²) in [5.41, 5.74) is 2.95. The van der Waals surface area contributed by atoms with E-state index in [-0.39, 0.29) is 43.8 Å². The number of nitrogens with zero attached hydrogens (tertiary/aromatic N) is 2. The van der Waals surface area contributed by atoms with Crippen molar-refractivity contribution in [2.45, 2.75) is 39.0 Å². The van der Waals surface area contributed by atoms with Gasteiger partial charge >= 0.3 is 6.03 Å². The number of anilines is 2. The minimum Gasteiger partial charge on any atom is -0.488 e. The fourth-order valence-corrected chi connectivity index (χ4v) is 5.26. The van der Waals surface area contributed by atoms with Gasteiger partial charge in [0.15, 0.2) is 11.5 Å². The van der Waals surface area contributed by atoms with Crippen molar-refractivity contribution in [3.05, 3.63) is 77.9 Å². The molecule has 3 N–H and O–H groups in total. The Hall–Kier alpha value is -4.28. The minimum atomic E-state index is -0.436. The van der Waals surface area contributed by atoms with Crippen molar-refractivity contribution in [1.82, 2.24) is 9.80 Å². The van der Waals surface area contributed by atoms with Crippen LogP contribution in [-0.2, 0) is 17.8 Å². The zero-order valence-corrected chi connectivity index (χ0v) is 24.2. The predicted octanol–water partition coefficient (Wildman–Crippen LogP) is 4.34. The third-order valence-electron chi connectivity index (χ3n) is 7.59. The maximum Gasteiger partial charge on any atom is 0.323 e. The second-order valence-corrected chi connectivity index (χ2v) is 11.0. The van der Waals surface area contributed by atoms with Crippen molar-refractivity contribution in [1.29, 1.82) is 0 Å². The summed E-state index contributed by atoms with van der Waals surface area (Å²) in [6.45, 7) is 5.80. The number of rotatable bonds is 8. The van der Waals surface area contributed by atoms with Gasteiger partial charge in [0.05, 0.1) is 19.1 Å². The molecule has 0 aromatic heterocycles. The first-order valence-corrected chi connectivity index (χ1v) is 14.2. The molecule has 0 aliphatic carbocycles. The van der Waals surface area contributed by atoms with Gasteiger partial charge in [-0.15, -0.1) is 0 Å². The molecule has 5 rings (SSSR count). The molecule has 0 radical (unpaired) electrons. The van der Waals surface area contributed by atoms with Crippen LogP contribution in [0.1, 0.15) is 25.0 Å². The number of carbonyl (C=O) groups is 2. The number of nitrogens with one attached hydrogen (secondary N) is 2. The largest absolute Gasteiger partial charge is 0.488 e. The molecule has 3 aromatic carbocycles. The Morgan fingerprint density at radius 1 is 1.02 bits per heavy atom. The van der Waals surface area contributed by atoms with Gasteiger partial charge in [-0.1, -0.05) is 37.3 Å². The molecule has 2 aliphatic rings. The number of hydrogen-bond donors (Lipinski definition) is 3. The van der Waals surface area contributed by atoms with Crippen molar-refractivity contribution in [3.63, 3.8) is 0 Å². The van der Waals surface area contributed by atoms with Crippen LogP contribution in [0.2, 0.25) is 0 Å². The highest BCUT2D eigenvalue weighted by Gasteiger charge is 2.31. The number of carbonyl (C=O) groups excluding carboxylic acids is 2. The van der Waals surface area contributed by atoms with E-state index in [0.717, 1.165) is 6.54 Å². The topological polar surface area (TPSA) is 113 Å². The Morgan fingerprint density at radius 2 is 1.71 bits per heavy atom. The average Bonchev–Trinajstić information content (AvgIpc) is 3.45. The molecule has 3 amide bonds. The molecule has 10 heteroatoms. The van der Waals surface area contributed by atoms with E-state index >= 15 is 0 Å². The Balaban J connectivity index is 1.34. The van der Waals surface area contributed by atoms with Crippen LogP contribution in [0.3, 0.4) is 0 Å². The number of hydrogen-bond acceptors (Lipinski definition) is 7. The van der Waals surface area contributed by atoms with Crippen molar-refractivity contribution in [2.75, 3.05) is 44.2 Å². The molecular formula is C32H38N4O6. The van der Waals surface area contributed by atoms with E-state index in [0.29, 0.717) is 47.3 Å². The summed E-state index contributed by atoms with van der Waals surface area (Å²) in [6.07, 6.45) is -0.136. The molecule has 0 unspecified atom stereocenters. The van der Waals surface area contributed by atoms with E-state index < -0.39 is 6.03 Å². The average molecular weight is 575 g/mol. The molecule has 0 saturated heterocycles. The minimum absolute atomic E-state index is 0.00240. The van der Waals surface area contributed by atoms with E-state index in [9.17, 15) is 14.7 Å². The molecule has 3 atom stereocenters. The van der Waals surface area contributed by atoms with Gasteiger partial charge in [0.2, 0.25) is 12.7 Å². The van der Waals surface area contributed by atoms with Crippen LogP contribution in [0.5, 0.6) is 17.2 Å². The highest BCUT2D eigenvalue weighted by molar-refractivity contribution is 6.00. The fourth-order valence-electron chi connectivity index (χ4n) is 5.26. The van der Waals surface area contributed by atoms with E-state index in [2.05, 4.69) is 41.6 Å². The lowest BCUT2D eigenvalue weighted by molar-refractivity contribution is -0.134. The van der Waals surface area contributed by atoms with Gasteiger partial charge in [-0.05, 0) is 49.9 Å². The van der Waals surface area contributed by atoms with Gasteiger partial charge in [0.25, 0.3) is 0 Å². The van der Waals surface area contributed by atoms with E-state index in [4.69, 9.17) is 14.2 Å². The summed E-state index contributed by atoms with van der Waals surface area (Å²) < 4.78 is 17.3. The second-order valence-electron chi connectivity index (χ2n) is 11.0. The predicted molar refractivity (Wildman–Crippen MR) is 160 cm³/mol. The lowest BCUT2D eigenvalue weighted by atomic mass is 10.0. The first-order valence-electron chi connectivity index (χ1n) is 14.2. The molecule has 0 spiro atoms. The zero-order chi connectivity index (χ0) is 29.6. The Kier molecular flexibility index (Phi) is 9.14. The first-order chi connectivity index (χ1) is 20.3. The number of fused-ring (bicyclic) bond motifs is 2. The fraction of sp³-hybridized carbons (Fsp3) is 0.375. The zero-order valence-electron chi connectivity index (χ0n) is 24.2. The van der Waals surface area contributed by atoms with Crippen molar-refractivity contribution < 1.29 is 28.9 Å². The lowest BCUT2D eigenvalue weighted by Crippen LogP contribution is -2.47. The van der Waals surface area contributed by atoms with Gasteiger partial charge in [0, 0.05) is 48.6 Å². The Bertz CT molecular complexity index is 1400. The summed E-state index contributed by atoms with van der Waals surface area (Å²) in [7, 11) is 2.06. The molecule has 0 fully saturated rings. The number of benzene rings is 3. The van der Waals surface area contributed by atoms with Gasteiger partial charge < -0.3 is 34.9 Å². The van der Waals surface area contributed by atoms with Crippen molar-refractivity contribution >= 4 is 23.3 Å². The summed E-state index contributed by atoms with van der Waals surface area (Å²) in [5, 5.41) is 15.6. The second kappa shape index (κ2) is 13.1. The monoisotopic (exact) mass is 574 g/mol. The quantitative estimate of drug-likeness (QED) is 0.367. The van der Waals surface area contributed by atoms with Gasteiger partial charge in [0.1, 0.15) is 11.9 Å². The highest BCUT2D eigenvalue weighted by atomic mass is 16.7. The standard InChI is InChI=1S/C32H38N4O6/c1-21-16-36(22(2)19-37)31(38)14-24-13-25(33-32(39)34-26-10-12-28-29(15-26)41-20-40-28)9-11-27(24)42-30(21)18-35(3)17-23-7-5-4-6-8-23/h4-13,15,21-22,30,37H,14,16-20H2,1-3H3,(H2,33,34,39)/t21-,22+,30+/m1/s1. The SMILES string of the molecule is C[C@@H]1CN([C@@H](C)CO)C(=O)Cc2cc(NC(=O)Nc3ccc4c(c3)OCO4)ccc2O[C@H]1CN(C)Cc1ccccc1. The summed E-state index contributed by atoms with van der Waals surface area (Å²) >= 11 is 0. The molecule has 222 valence electrons. The Morgan fingerprint density at radius 3 is 2.45 bits per heavy atom. The molecular weight excluding hydrogens is 536 g/mol. The third-order valence-corrected chi connectivity index (χ3v) is 7.59. The van der Waals surface area contributed by atoms with Crippen molar-refractivity contribution in [2.24, 2.45) is 5.92 Å². The molecule has 2 heterocycles. The van der Waals surface area contributed by atoms with E-state index in [1.54, 1.807) is 41.3 Å². The maximum atomic E-state index is 13.5. The lowest BCUT2D eigenvalue weighted by Gasteiger charge is -2.34. The smallest absolute Gasteiger partial charge is 0.323 e. The molecule has 3 aromatic rings. The van der Waals surface area contributed by atoms with Crippen LogP contribution in [0, 0.1) is 5.92 Å². The van der Waals surface area contributed by atoms with Crippen LogP contribution in [0.4, 0.5) is 16.2 Å². The van der Waals surface area contributed by atoms with Gasteiger partial charge in [-0.3, -0.25) is 9.69 Å². The van der Waals surface area contributed by atoms with E-state index in [1.807, 2.05) is 25.1 Å². The van der Waals surface area contributed by atoms with Crippen LogP contribution in [0.15, 0.2) is 66.7 Å². The summed E-state index contributed by atoms with van der Waals surface area (Å²) in [6, 6.07) is 20.0. The Labute approximate surface area is 246 Å². The molecule has 42 heavy (non-hydrogen) atoms. The number of aliphatic hydroxyl groups is 1. The summed E-state index contributed by atoms with van der Waals surface area (Å²) in [4.78, 5) is 30.2. The number of urea groups is 1. The number of amides is 3. The normalized spacial score (nSPS) is 18.8. The van der Waals surface area contributed by atoms with Crippen LogP contribution in [-0.4, -0.2) is 72.5 Å². The summed E-state index contributed by atoms with van der Waals surface area (Å²) in [5.74, 6) is 1.70. The number of likely N-dealkylation sites (N-methyl/N-ethyl adjacent to an activating group) is 1. The van der Waals surface area contributed by atoms with E-state index in [1.165, 1.54) is 5.56 Å². The molecule has 2 aliphatic heterocycles. The van der Waals surface area contributed by atoms with Gasteiger partial charge in [-0.25, -0.2) is 4.79 Å². The van der Waals surface area contributed by atoms with Gasteiger partial charge in [-0.2, -0.15) is 0 Å². The molecule has 0 saturated carbocycles. The third kappa shape index (κ3) is 7.13. The van der Waals surface area contributed by atoms with Crippen LogP contribution < -0.4 is 24.8 Å². The molecule has 10 nitrogen and oxygen atoms in total. The number of aliphatic hydroxyl groups excluding tert-OH is 1. The van der Waals surface area contributed by atoms with Crippen molar-refractivity contribution in [3.8, 4) is 17.2 Å². The highest BCUT2D eigenvalue weighted by Crippen LogP contribution is 2.34. The maximum absolute atomic E-state index is 13.5.